The van der Waals surface area contributed by atoms with Crippen molar-refractivity contribution in [2.45, 2.75) is 44.2 Å². The average Bonchev–Trinajstić information content (AvgIpc) is 3.04. The molecule has 2 fully saturated rings. The Bertz CT molecular complexity index is 926. The van der Waals surface area contributed by atoms with Crippen molar-refractivity contribution >= 4 is 16.9 Å². The Labute approximate surface area is 144 Å². The number of likely N-dealkylation sites (tertiary alicyclic amines) is 1. The fourth-order valence-electron chi connectivity index (χ4n) is 3.58. The topological polar surface area (TPSA) is 77.1 Å². The predicted octanol–water partition coefficient (Wildman–Crippen LogP) is 2.66. The second-order valence-electron chi connectivity index (χ2n) is 6.87. The SMILES string of the molecule is O=C(Cn1cnc2ccccc21)N1CCCC1c1nc(C2CC2)no1. The van der Waals surface area contributed by atoms with E-state index in [1.165, 1.54) is 0 Å². The van der Waals surface area contributed by atoms with E-state index >= 15 is 0 Å². The number of amides is 1. The van der Waals surface area contributed by atoms with Crippen LogP contribution < -0.4 is 0 Å². The van der Waals surface area contributed by atoms with Crippen LogP contribution in [0.5, 0.6) is 0 Å². The van der Waals surface area contributed by atoms with Crippen molar-refractivity contribution in [2.24, 2.45) is 0 Å². The zero-order chi connectivity index (χ0) is 16.8. The number of aromatic nitrogens is 4. The number of fused-ring (bicyclic) bond motifs is 1. The van der Waals surface area contributed by atoms with Crippen molar-refractivity contribution in [3.63, 3.8) is 0 Å². The summed E-state index contributed by atoms with van der Waals surface area (Å²) in [6.07, 6.45) is 5.84. The highest BCUT2D eigenvalue weighted by Gasteiger charge is 2.36. The number of hydrogen-bond acceptors (Lipinski definition) is 5. The Balaban J connectivity index is 1.36. The minimum absolute atomic E-state index is 0.0665. The van der Waals surface area contributed by atoms with Crippen molar-refractivity contribution in [3.05, 3.63) is 42.3 Å². The minimum atomic E-state index is -0.0951. The summed E-state index contributed by atoms with van der Waals surface area (Å²) < 4.78 is 7.36. The van der Waals surface area contributed by atoms with Crippen LogP contribution in [0, 0.1) is 0 Å². The standard InChI is InChI=1S/C18H19N5O2/c24-16(10-22-11-19-13-4-1-2-5-14(13)22)23-9-3-6-15(23)18-20-17(21-25-18)12-7-8-12/h1-2,4-5,11-12,15H,3,6-10H2. The Hall–Kier alpha value is -2.70. The molecule has 1 aliphatic heterocycles. The molecule has 1 unspecified atom stereocenters. The minimum Gasteiger partial charge on any atom is -0.337 e. The fraction of sp³-hybridized carbons (Fsp3) is 0.444. The number of para-hydroxylation sites is 2. The summed E-state index contributed by atoms with van der Waals surface area (Å²) in [5, 5.41) is 4.09. The lowest BCUT2D eigenvalue weighted by atomic mass is 10.2. The normalized spacial score (nSPS) is 20.5. The molecule has 0 spiro atoms. The van der Waals surface area contributed by atoms with E-state index in [1.54, 1.807) is 6.33 Å². The van der Waals surface area contributed by atoms with Gasteiger partial charge >= 0.3 is 0 Å². The Morgan fingerprint density at radius 2 is 2.12 bits per heavy atom. The van der Waals surface area contributed by atoms with E-state index in [0.29, 0.717) is 11.8 Å². The maximum atomic E-state index is 12.9. The number of nitrogens with zero attached hydrogens (tertiary/aromatic N) is 5. The van der Waals surface area contributed by atoms with Gasteiger partial charge in [0, 0.05) is 12.5 Å². The van der Waals surface area contributed by atoms with Crippen LogP contribution in [0.25, 0.3) is 11.0 Å². The molecule has 2 aliphatic rings. The van der Waals surface area contributed by atoms with E-state index in [0.717, 1.165) is 49.1 Å². The molecule has 7 heteroatoms. The van der Waals surface area contributed by atoms with Crippen LogP contribution >= 0.6 is 0 Å². The lowest BCUT2D eigenvalue weighted by Gasteiger charge is -2.22. The molecular weight excluding hydrogens is 318 g/mol. The summed E-state index contributed by atoms with van der Waals surface area (Å²) >= 11 is 0. The number of rotatable bonds is 4. The molecule has 1 atom stereocenters. The van der Waals surface area contributed by atoms with E-state index in [2.05, 4.69) is 15.1 Å². The summed E-state index contributed by atoms with van der Waals surface area (Å²) in [5.74, 6) is 1.91. The van der Waals surface area contributed by atoms with Gasteiger partial charge in [0.2, 0.25) is 11.8 Å². The lowest BCUT2D eigenvalue weighted by molar-refractivity contribution is -0.133. The molecule has 3 heterocycles. The van der Waals surface area contributed by atoms with Crippen molar-refractivity contribution in [1.29, 1.82) is 0 Å². The fourth-order valence-corrected chi connectivity index (χ4v) is 3.58. The molecule has 0 radical (unpaired) electrons. The quantitative estimate of drug-likeness (QED) is 0.731. The molecular formula is C18H19N5O2. The molecule has 0 bridgehead atoms. The maximum Gasteiger partial charge on any atom is 0.249 e. The van der Waals surface area contributed by atoms with Gasteiger partial charge < -0.3 is 14.0 Å². The Morgan fingerprint density at radius 3 is 3.00 bits per heavy atom. The monoisotopic (exact) mass is 337 g/mol. The third-order valence-electron chi connectivity index (χ3n) is 5.09. The summed E-state index contributed by atoms with van der Waals surface area (Å²) in [6.45, 7) is 1.01. The summed E-state index contributed by atoms with van der Waals surface area (Å²) in [4.78, 5) is 23.7. The highest BCUT2D eigenvalue weighted by molar-refractivity contribution is 5.81. The van der Waals surface area contributed by atoms with Crippen molar-refractivity contribution in [3.8, 4) is 0 Å². The van der Waals surface area contributed by atoms with E-state index in [-0.39, 0.29) is 18.5 Å². The molecule has 1 aliphatic carbocycles. The van der Waals surface area contributed by atoms with Crippen LogP contribution in [0.4, 0.5) is 0 Å². The van der Waals surface area contributed by atoms with Gasteiger partial charge in [-0.25, -0.2) is 4.98 Å². The molecule has 128 valence electrons. The van der Waals surface area contributed by atoms with Crippen LogP contribution in [0.3, 0.4) is 0 Å². The number of carbonyl (C=O) groups excluding carboxylic acids is 1. The third-order valence-corrected chi connectivity index (χ3v) is 5.09. The molecule has 25 heavy (non-hydrogen) atoms. The third kappa shape index (κ3) is 2.59. The molecule has 1 amide bonds. The van der Waals surface area contributed by atoms with Crippen LogP contribution in [-0.2, 0) is 11.3 Å². The molecule has 1 saturated carbocycles. The van der Waals surface area contributed by atoms with Gasteiger partial charge in [-0.05, 0) is 37.8 Å². The highest BCUT2D eigenvalue weighted by atomic mass is 16.5. The van der Waals surface area contributed by atoms with Crippen molar-refractivity contribution < 1.29 is 9.32 Å². The van der Waals surface area contributed by atoms with Gasteiger partial charge in [-0.15, -0.1) is 0 Å². The predicted molar refractivity (Wildman–Crippen MR) is 89.7 cm³/mol. The lowest BCUT2D eigenvalue weighted by Crippen LogP contribution is -2.33. The second-order valence-corrected chi connectivity index (χ2v) is 6.87. The van der Waals surface area contributed by atoms with Gasteiger partial charge in [0.15, 0.2) is 5.82 Å². The summed E-state index contributed by atoms with van der Waals surface area (Å²) in [5.41, 5.74) is 1.87. The molecule has 3 aromatic rings. The highest BCUT2D eigenvalue weighted by Crippen LogP contribution is 2.39. The molecule has 7 nitrogen and oxygen atoms in total. The number of imidazole rings is 1. The smallest absolute Gasteiger partial charge is 0.249 e. The Kier molecular flexibility index (Phi) is 3.33. The summed E-state index contributed by atoms with van der Waals surface area (Å²) in [7, 11) is 0. The van der Waals surface area contributed by atoms with E-state index in [4.69, 9.17) is 4.52 Å². The van der Waals surface area contributed by atoms with E-state index in [1.807, 2.05) is 33.7 Å². The molecule has 1 saturated heterocycles. The molecule has 5 rings (SSSR count). The van der Waals surface area contributed by atoms with Crippen LogP contribution in [-0.4, -0.2) is 37.0 Å². The van der Waals surface area contributed by atoms with Crippen LogP contribution in [0.1, 0.15) is 49.4 Å². The van der Waals surface area contributed by atoms with Gasteiger partial charge in [0.25, 0.3) is 0 Å². The molecule has 2 aromatic heterocycles. The Morgan fingerprint density at radius 1 is 1.24 bits per heavy atom. The largest absolute Gasteiger partial charge is 0.337 e. The van der Waals surface area contributed by atoms with E-state index < -0.39 is 0 Å². The number of benzene rings is 1. The second kappa shape index (κ2) is 5.68. The maximum absolute atomic E-state index is 12.9. The average molecular weight is 337 g/mol. The van der Waals surface area contributed by atoms with Crippen molar-refractivity contribution in [1.82, 2.24) is 24.6 Å². The zero-order valence-electron chi connectivity index (χ0n) is 13.8. The van der Waals surface area contributed by atoms with Gasteiger partial charge in [0.05, 0.1) is 17.4 Å². The molecule has 0 N–H and O–H groups in total. The van der Waals surface area contributed by atoms with Gasteiger partial charge in [0.1, 0.15) is 12.6 Å². The van der Waals surface area contributed by atoms with Gasteiger partial charge in [-0.2, -0.15) is 4.98 Å². The first-order valence-corrected chi connectivity index (χ1v) is 8.82. The van der Waals surface area contributed by atoms with Crippen LogP contribution in [0.15, 0.2) is 35.1 Å². The first-order valence-electron chi connectivity index (χ1n) is 8.82. The van der Waals surface area contributed by atoms with E-state index in [9.17, 15) is 4.79 Å². The summed E-state index contributed by atoms with van der Waals surface area (Å²) in [6, 6.07) is 7.75. The first kappa shape index (κ1) is 14.6. The first-order chi connectivity index (χ1) is 12.3. The molecule has 1 aromatic carbocycles. The zero-order valence-corrected chi connectivity index (χ0v) is 13.8. The number of hydrogen-bond donors (Lipinski definition) is 0. The van der Waals surface area contributed by atoms with Crippen LogP contribution in [0.2, 0.25) is 0 Å². The van der Waals surface area contributed by atoms with Gasteiger partial charge in [-0.3, -0.25) is 4.79 Å². The van der Waals surface area contributed by atoms with Crippen molar-refractivity contribution in [2.75, 3.05) is 6.54 Å². The number of carbonyl (C=O) groups is 1. The van der Waals surface area contributed by atoms with Gasteiger partial charge in [-0.1, -0.05) is 17.3 Å².